The summed E-state index contributed by atoms with van der Waals surface area (Å²) in [5, 5.41) is 0. The van der Waals surface area contributed by atoms with E-state index >= 15 is 0 Å². The summed E-state index contributed by atoms with van der Waals surface area (Å²) in [5.41, 5.74) is 4.93. The minimum atomic E-state index is -0.895. The van der Waals surface area contributed by atoms with Crippen LogP contribution in [0.1, 0.15) is 46.6 Å². The number of esters is 1. The highest BCUT2D eigenvalue weighted by Gasteiger charge is 2.68. The maximum absolute atomic E-state index is 14.2. The summed E-state index contributed by atoms with van der Waals surface area (Å²) in [7, 11) is 1.59. The Labute approximate surface area is 232 Å². The Morgan fingerprint density at radius 1 is 0.775 bits per heavy atom. The lowest BCUT2D eigenvalue weighted by Crippen LogP contribution is -2.49. The van der Waals surface area contributed by atoms with E-state index in [9.17, 15) is 14.4 Å². The standard InChI is InChI=1S/C34H27NO5/c1-34-30-26-9-5-3-7-24(26)29(25-8-4-6-10-27(25)30)31(34)32(37)35(33(34)38)21-13-17-23(18-14-21)40-28(36)19-20-11-15-22(39-2)16-12-20/h3-18,29-31H,19H2,1-2H3. The van der Waals surface area contributed by atoms with E-state index in [0.29, 0.717) is 17.2 Å². The van der Waals surface area contributed by atoms with Crippen molar-refractivity contribution < 1.29 is 23.9 Å². The zero-order chi connectivity index (χ0) is 27.6. The average Bonchev–Trinajstić information content (AvgIpc) is 3.19. The quantitative estimate of drug-likeness (QED) is 0.190. The molecule has 8 rings (SSSR count). The number of methoxy groups -OCH3 is 1. The molecule has 198 valence electrons. The van der Waals surface area contributed by atoms with Gasteiger partial charge < -0.3 is 9.47 Å². The maximum Gasteiger partial charge on any atom is 0.315 e. The first-order chi connectivity index (χ1) is 19.4. The van der Waals surface area contributed by atoms with Crippen molar-refractivity contribution in [1.82, 2.24) is 0 Å². The van der Waals surface area contributed by atoms with Crippen LogP contribution >= 0.6 is 0 Å². The Morgan fingerprint density at radius 2 is 1.32 bits per heavy atom. The number of imide groups is 1. The van der Waals surface area contributed by atoms with Crippen molar-refractivity contribution in [2.75, 3.05) is 12.0 Å². The van der Waals surface area contributed by atoms with Crippen molar-refractivity contribution >= 4 is 23.5 Å². The van der Waals surface area contributed by atoms with Crippen LogP contribution in [-0.2, 0) is 20.8 Å². The molecule has 0 N–H and O–H groups in total. The predicted octanol–water partition coefficient (Wildman–Crippen LogP) is 5.63. The van der Waals surface area contributed by atoms with Gasteiger partial charge in [-0.25, -0.2) is 4.90 Å². The van der Waals surface area contributed by atoms with Crippen molar-refractivity contribution in [1.29, 1.82) is 0 Å². The molecule has 1 aliphatic heterocycles. The smallest absolute Gasteiger partial charge is 0.315 e. The van der Waals surface area contributed by atoms with Gasteiger partial charge in [0.1, 0.15) is 11.5 Å². The third-order valence-electron chi connectivity index (χ3n) is 8.85. The van der Waals surface area contributed by atoms with Crippen LogP contribution < -0.4 is 14.4 Å². The van der Waals surface area contributed by atoms with Crippen LogP contribution in [0.25, 0.3) is 0 Å². The van der Waals surface area contributed by atoms with Crippen molar-refractivity contribution in [3.8, 4) is 11.5 Å². The van der Waals surface area contributed by atoms with E-state index in [0.717, 1.165) is 27.8 Å². The highest BCUT2D eigenvalue weighted by molar-refractivity contribution is 6.25. The average molecular weight is 530 g/mol. The molecule has 0 spiro atoms. The van der Waals surface area contributed by atoms with Crippen molar-refractivity contribution in [3.63, 3.8) is 0 Å². The van der Waals surface area contributed by atoms with Gasteiger partial charge in [-0.15, -0.1) is 0 Å². The molecule has 2 bridgehead atoms. The molecule has 2 atom stereocenters. The van der Waals surface area contributed by atoms with E-state index in [1.807, 2.05) is 43.3 Å². The third-order valence-corrected chi connectivity index (χ3v) is 8.85. The van der Waals surface area contributed by atoms with Gasteiger partial charge in [-0.3, -0.25) is 14.4 Å². The zero-order valence-electron chi connectivity index (χ0n) is 22.2. The summed E-state index contributed by atoms with van der Waals surface area (Å²) in [6.45, 7) is 1.96. The summed E-state index contributed by atoms with van der Waals surface area (Å²) < 4.78 is 10.7. The minimum absolute atomic E-state index is 0.110. The van der Waals surface area contributed by atoms with E-state index in [1.54, 1.807) is 43.5 Å². The normalized spacial score (nSPS) is 23.9. The van der Waals surface area contributed by atoms with Gasteiger partial charge in [-0.05, 0) is 71.1 Å². The van der Waals surface area contributed by atoms with Crippen LogP contribution in [0.15, 0.2) is 97.1 Å². The van der Waals surface area contributed by atoms with Crippen LogP contribution in [0.5, 0.6) is 11.5 Å². The Bertz CT molecular complexity index is 1630. The summed E-state index contributed by atoms with van der Waals surface area (Å²) in [6.07, 6.45) is 0.110. The molecule has 0 saturated carbocycles. The molecule has 2 unspecified atom stereocenters. The highest BCUT2D eigenvalue weighted by Crippen LogP contribution is 2.67. The van der Waals surface area contributed by atoms with Gasteiger partial charge in [0.2, 0.25) is 11.8 Å². The van der Waals surface area contributed by atoms with Crippen LogP contribution in [0.4, 0.5) is 5.69 Å². The third kappa shape index (κ3) is 3.38. The Hall–Kier alpha value is -4.71. The molecule has 2 amide bonds. The molecule has 0 aromatic heterocycles. The van der Waals surface area contributed by atoms with Crippen LogP contribution in [-0.4, -0.2) is 24.9 Å². The second kappa shape index (κ2) is 8.91. The van der Waals surface area contributed by atoms with Gasteiger partial charge in [0.25, 0.3) is 0 Å². The topological polar surface area (TPSA) is 72.9 Å². The molecule has 6 nitrogen and oxygen atoms in total. The van der Waals surface area contributed by atoms with Crippen molar-refractivity contribution in [3.05, 3.63) is 125 Å². The van der Waals surface area contributed by atoms with Gasteiger partial charge in [0, 0.05) is 11.8 Å². The Balaban J connectivity index is 1.17. The summed E-state index contributed by atoms with van der Waals surface area (Å²) in [6, 6.07) is 30.2. The predicted molar refractivity (Wildman–Crippen MR) is 149 cm³/mol. The lowest BCUT2D eigenvalue weighted by molar-refractivity contribution is -0.133. The molecule has 0 radical (unpaired) electrons. The molecule has 1 heterocycles. The lowest BCUT2D eigenvalue weighted by Gasteiger charge is -2.51. The minimum Gasteiger partial charge on any atom is -0.497 e. The number of hydrogen-bond donors (Lipinski definition) is 0. The largest absolute Gasteiger partial charge is 0.497 e. The fourth-order valence-electron chi connectivity index (χ4n) is 7.10. The molecule has 1 fully saturated rings. The summed E-state index contributed by atoms with van der Waals surface area (Å²) in [4.78, 5) is 42.1. The number of nitrogens with zero attached hydrogens (tertiary/aromatic N) is 1. The van der Waals surface area contributed by atoms with Gasteiger partial charge in [-0.1, -0.05) is 60.7 Å². The lowest BCUT2D eigenvalue weighted by atomic mass is 9.48. The number of hydrogen-bond acceptors (Lipinski definition) is 5. The van der Waals surface area contributed by atoms with Gasteiger partial charge >= 0.3 is 5.97 Å². The Kier molecular flexibility index (Phi) is 5.42. The molecule has 3 aliphatic carbocycles. The molecule has 40 heavy (non-hydrogen) atoms. The number of amides is 2. The number of benzene rings is 4. The second-order valence-electron chi connectivity index (χ2n) is 10.9. The molecular weight excluding hydrogens is 502 g/mol. The van der Waals surface area contributed by atoms with Crippen LogP contribution in [0.2, 0.25) is 0 Å². The molecular formula is C34H27NO5. The number of carbonyl (C=O) groups is 3. The number of carbonyl (C=O) groups excluding carboxylic acids is 3. The zero-order valence-corrected chi connectivity index (χ0v) is 22.2. The van der Waals surface area contributed by atoms with E-state index in [1.165, 1.54) is 4.90 Å². The van der Waals surface area contributed by atoms with Gasteiger partial charge in [0.05, 0.1) is 30.6 Å². The molecule has 4 aromatic carbocycles. The first-order valence-electron chi connectivity index (χ1n) is 13.4. The van der Waals surface area contributed by atoms with Crippen LogP contribution in [0.3, 0.4) is 0 Å². The summed E-state index contributed by atoms with van der Waals surface area (Å²) in [5.74, 6) is -0.579. The number of ether oxygens (including phenoxy) is 2. The number of anilines is 1. The highest BCUT2D eigenvalue weighted by atomic mass is 16.5. The van der Waals surface area contributed by atoms with E-state index < -0.39 is 17.3 Å². The molecule has 1 saturated heterocycles. The first kappa shape index (κ1) is 24.3. The molecule has 4 aliphatic rings. The fraction of sp³-hybridized carbons (Fsp3) is 0.206. The second-order valence-corrected chi connectivity index (χ2v) is 10.9. The van der Waals surface area contributed by atoms with E-state index in [2.05, 4.69) is 24.3 Å². The molecule has 6 heteroatoms. The fourth-order valence-corrected chi connectivity index (χ4v) is 7.10. The SMILES string of the molecule is COc1ccc(CC(=O)Oc2ccc(N3C(=O)C4C5c6ccccc6C(c6ccccc65)C4(C)C3=O)cc2)cc1. The Morgan fingerprint density at radius 3 is 1.90 bits per heavy atom. The van der Waals surface area contributed by atoms with Crippen molar-refractivity contribution in [2.45, 2.75) is 25.2 Å². The first-order valence-corrected chi connectivity index (χ1v) is 13.4. The van der Waals surface area contributed by atoms with E-state index in [-0.39, 0.29) is 30.1 Å². The van der Waals surface area contributed by atoms with E-state index in [4.69, 9.17) is 9.47 Å². The van der Waals surface area contributed by atoms with Gasteiger partial charge in [0.15, 0.2) is 0 Å². The number of rotatable bonds is 5. The monoisotopic (exact) mass is 529 g/mol. The maximum atomic E-state index is 14.2. The van der Waals surface area contributed by atoms with Crippen molar-refractivity contribution in [2.24, 2.45) is 11.3 Å². The summed E-state index contributed by atoms with van der Waals surface area (Å²) >= 11 is 0. The molecule has 4 aromatic rings. The van der Waals surface area contributed by atoms with Gasteiger partial charge in [-0.2, -0.15) is 0 Å². The van der Waals surface area contributed by atoms with Crippen LogP contribution in [0, 0.1) is 11.3 Å².